The molecule has 3 N–H and O–H groups in total. The number of fused-ring (bicyclic) bond motifs is 1. The lowest BCUT2D eigenvalue weighted by Gasteiger charge is -2.34. The van der Waals surface area contributed by atoms with Gasteiger partial charge in [0, 0.05) is 24.0 Å². The molecule has 1 aliphatic rings. The summed E-state index contributed by atoms with van der Waals surface area (Å²) < 4.78 is 0. The fraction of sp³-hybridized carbons (Fsp3) is 0.167. The molecular weight excluding hydrogens is 378 g/mol. The maximum Gasteiger partial charge on any atom is 0.322 e. The summed E-state index contributed by atoms with van der Waals surface area (Å²) in [6, 6.07) is 17.4. The van der Waals surface area contributed by atoms with Crippen LogP contribution in [0.2, 0.25) is 0 Å². The van der Waals surface area contributed by atoms with Gasteiger partial charge < -0.3 is 20.6 Å². The van der Waals surface area contributed by atoms with E-state index in [9.17, 15) is 14.7 Å². The molecule has 1 heterocycles. The van der Waals surface area contributed by atoms with E-state index in [1.807, 2.05) is 61.5 Å². The van der Waals surface area contributed by atoms with Crippen LogP contribution < -0.4 is 10.6 Å². The van der Waals surface area contributed by atoms with Gasteiger partial charge in [0.2, 0.25) is 0 Å². The van der Waals surface area contributed by atoms with E-state index in [1.165, 1.54) is 4.90 Å². The Morgan fingerprint density at radius 1 is 1.03 bits per heavy atom. The minimum atomic E-state index is -0.788. The van der Waals surface area contributed by atoms with Gasteiger partial charge in [0.1, 0.15) is 5.75 Å². The first kappa shape index (κ1) is 19.5. The molecule has 3 amide bonds. The Labute approximate surface area is 174 Å². The van der Waals surface area contributed by atoms with Gasteiger partial charge in [-0.2, -0.15) is 0 Å². The second kappa shape index (κ2) is 7.55. The average molecular weight is 401 g/mol. The molecular formula is C24H23N3O3. The molecule has 0 spiro atoms. The van der Waals surface area contributed by atoms with Crippen molar-refractivity contribution in [2.75, 3.05) is 12.4 Å². The number of rotatable bonds is 3. The lowest BCUT2D eigenvalue weighted by molar-refractivity contribution is -0.113. The monoisotopic (exact) mass is 401 g/mol. The fourth-order valence-electron chi connectivity index (χ4n) is 3.84. The van der Waals surface area contributed by atoms with Crippen LogP contribution in [0.3, 0.4) is 0 Å². The van der Waals surface area contributed by atoms with Crippen LogP contribution in [0.25, 0.3) is 10.8 Å². The standard InChI is InChI=1S/C24H23N3O3/c1-14-8-4-7-11-18(14)25-23(29)20-15(2)27(3)24(30)26-22(20)21-17-10-6-5-9-16(17)12-13-19(21)28/h4-13,22,28H,1-3H3,(H,25,29)(H,26,30). The topological polar surface area (TPSA) is 81.7 Å². The molecule has 152 valence electrons. The predicted molar refractivity (Wildman–Crippen MR) is 117 cm³/mol. The van der Waals surface area contributed by atoms with Gasteiger partial charge in [-0.15, -0.1) is 0 Å². The number of aromatic hydroxyl groups is 1. The Bertz CT molecular complexity index is 1200. The van der Waals surface area contributed by atoms with Crippen LogP contribution in [0.5, 0.6) is 5.75 Å². The number of benzene rings is 3. The van der Waals surface area contributed by atoms with E-state index in [0.29, 0.717) is 22.5 Å². The number of hydrogen-bond donors (Lipinski definition) is 3. The third-order valence-corrected chi connectivity index (χ3v) is 5.63. The largest absolute Gasteiger partial charge is 0.508 e. The lowest BCUT2D eigenvalue weighted by Crippen LogP contribution is -2.46. The highest BCUT2D eigenvalue weighted by Gasteiger charge is 2.36. The summed E-state index contributed by atoms with van der Waals surface area (Å²) in [4.78, 5) is 27.4. The molecule has 0 bridgehead atoms. The zero-order valence-corrected chi connectivity index (χ0v) is 17.1. The van der Waals surface area contributed by atoms with E-state index in [-0.39, 0.29) is 17.7 Å². The van der Waals surface area contributed by atoms with Crippen LogP contribution in [-0.4, -0.2) is 29.0 Å². The van der Waals surface area contributed by atoms with Gasteiger partial charge in [-0.1, -0.05) is 48.5 Å². The van der Waals surface area contributed by atoms with Crippen LogP contribution in [0, 0.1) is 6.92 Å². The second-order valence-electron chi connectivity index (χ2n) is 7.43. The molecule has 3 aromatic rings. The van der Waals surface area contributed by atoms with Gasteiger partial charge in [0.05, 0.1) is 11.6 Å². The Hall–Kier alpha value is -3.80. The number of para-hydroxylation sites is 1. The highest BCUT2D eigenvalue weighted by molar-refractivity contribution is 6.08. The maximum atomic E-state index is 13.4. The number of anilines is 1. The number of amides is 3. The van der Waals surface area contributed by atoms with Crippen molar-refractivity contribution in [3.63, 3.8) is 0 Å². The zero-order chi connectivity index (χ0) is 21.4. The highest BCUT2D eigenvalue weighted by Crippen LogP contribution is 2.39. The first-order chi connectivity index (χ1) is 14.4. The number of urea groups is 1. The van der Waals surface area contributed by atoms with Gasteiger partial charge in [-0.25, -0.2) is 4.79 Å². The van der Waals surface area contributed by atoms with E-state index in [2.05, 4.69) is 10.6 Å². The van der Waals surface area contributed by atoms with Crippen molar-refractivity contribution < 1.29 is 14.7 Å². The normalized spacial score (nSPS) is 16.6. The van der Waals surface area contributed by atoms with E-state index < -0.39 is 6.04 Å². The van der Waals surface area contributed by atoms with E-state index >= 15 is 0 Å². The van der Waals surface area contributed by atoms with Gasteiger partial charge in [0.25, 0.3) is 5.91 Å². The molecule has 1 atom stereocenters. The SMILES string of the molecule is CC1=C(C(=O)Nc2ccccc2C)C(c2c(O)ccc3ccccc23)NC(=O)N1C. The molecule has 4 rings (SSSR count). The molecule has 0 aliphatic carbocycles. The summed E-state index contributed by atoms with van der Waals surface area (Å²) in [5.41, 5.74) is 3.04. The number of phenols is 1. The van der Waals surface area contributed by atoms with Crippen molar-refractivity contribution in [3.05, 3.63) is 83.1 Å². The molecule has 1 aliphatic heterocycles. The molecule has 30 heavy (non-hydrogen) atoms. The smallest absolute Gasteiger partial charge is 0.322 e. The molecule has 0 saturated carbocycles. The first-order valence-corrected chi connectivity index (χ1v) is 9.71. The van der Waals surface area contributed by atoms with Gasteiger partial charge >= 0.3 is 6.03 Å². The number of hydrogen-bond acceptors (Lipinski definition) is 3. The molecule has 3 aromatic carbocycles. The summed E-state index contributed by atoms with van der Waals surface area (Å²) in [5.74, 6) is -0.302. The number of carbonyl (C=O) groups is 2. The predicted octanol–water partition coefficient (Wildman–Crippen LogP) is 4.46. The Kier molecular flexibility index (Phi) is 4.91. The van der Waals surface area contributed by atoms with Gasteiger partial charge in [-0.3, -0.25) is 4.79 Å². The zero-order valence-electron chi connectivity index (χ0n) is 17.1. The van der Waals surface area contributed by atoms with E-state index in [1.54, 1.807) is 20.0 Å². The number of aryl methyl sites for hydroxylation is 1. The van der Waals surface area contributed by atoms with Crippen LogP contribution in [0.1, 0.15) is 24.1 Å². The third kappa shape index (κ3) is 3.26. The van der Waals surface area contributed by atoms with Crippen molar-refractivity contribution in [1.29, 1.82) is 0 Å². The van der Waals surface area contributed by atoms with Crippen molar-refractivity contribution in [1.82, 2.24) is 10.2 Å². The molecule has 0 aromatic heterocycles. The Morgan fingerprint density at radius 3 is 2.50 bits per heavy atom. The molecule has 0 radical (unpaired) electrons. The quantitative estimate of drug-likeness (QED) is 0.606. The maximum absolute atomic E-state index is 13.4. The number of phenolic OH excluding ortho intramolecular Hbond substituents is 1. The fourth-order valence-corrected chi connectivity index (χ4v) is 3.84. The summed E-state index contributed by atoms with van der Waals surface area (Å²) in [6.07, 6.45) is 0. The molecule has 0 saturated heterocycles. The first-order valence-electron chi connectivity index (χ1n) is 9.71. The summed E-state index contributed by atoms with van der Waals surface area (Å²) in [5, 5.41) is 18.2. The van der Waals surface area contributed by atoms with Gasteiger partial charge in [-0.05, 0) is 42.3 Å². The summed E-state index contributed by atoms with van der Waals surface area (Å²) in [7, 11) is 1.62. The second-order valence-corrected chi connectivity index (χ2v) is 7.43. The Balaban J connectivity index is 1.87. The molecule has 0 fully saturated rings. The van der Waals surface area contributed by atoms with Crippen LogP contribution in [0.4, 0.5) is 10.5 Å². The highest BCUT2D eigenvalue weighted by atomic mass is 16.3. The van der Waals surface area contributed by atoms with Crippen molar-refractivity contribution >= 4 is 28.4 Å². The lowest BCUT2D eigenvalue weighted by atomic mass is 9.89. The van der Waals surface area contributed by atoms with Crippen molar-refractivity contribution in [3.8, 4) is 5.75 Å². The third-order valence-electron chi connectivity index (χ3n) is 5.63. The minimum Gasteiger partial charge on any atom is -0.508 e. The van der Waals surface area contributed by atoms with Crippen molar-refractivity contribution in [2.24, 2.45) is 0 Å². The van der Waals surface area contributed by atoms with E-state index in [0.717, 1.165) is 16.3 Å². The minimum absolute atomic E-state index is 0.0255. The molecule has 6 nitrogen and oxygen atoms in total. The Morgan fingerprint density at radius 2 is 1.73 bits per heavy atom. The number of allylic oxidation sites excluding steroid dienone is 1. The average Bonchev–Trinajstić information content (AvgIpc) is 2.73. The van der Waals surface area contributed by atoms with Crippen LogP contribution in [0.15, 0.2) is 71.9 Å². The van der Waals surface area contributed by atoms with Crippen molar-refractivity contribution in [2.45, 2.75) is 19.9 Å². The summed E-state index contributed by atoms with van der Waals surface area (Å²) in [6.45, 7) is 3.65. The summed E-state index contributed by atoms with van der Waals surface area (Å²) >= 11 is 0. The van der Waals surface area contributed by atoms with Crippen LogP contribution >= 0.6 is 0 Å². The molecule has 1 unspecified atom stereocenters. The van der Waals surface area contributed by atoms with Crippen LogP contribution in [-0.2, 0) is 4.79 Å². The number of nitrogens with zero attached hydrogens (tertiary/aromatic N) is 1. The van der Waals surface area contributed by atoms with Gasteiger partial charge in [0.15, 0.2) is 0 Å². The number of nitrogens with one attached hydrogen (secondary N) is 2. The number of carbonyl (C=O) groups excluding carboxylic acids is 2. The van der Waals surface area contributed by atoms with E-state index in [4.69, 9.17) is 0 Å². The molecule has 6 heteroatoms.